The Hall–Kier alpha value is -3.18. The predicted octanol–water partition coefficient (Wildman–Crippen LogP) is -1.13. The summed E-state index contributed by atoms with van der Waals surface area (Å²) >= 11 is 0. The monoisotopic (exact) mass is 464 g/mol. The third kappa shape index (κ3) is 7.72. The number of rotatable bonds is 11. The minimum atomic E-state index is -1.28. The van der Waals surface area contributed by atoms with Gasteiger partial charge in [0.05, 0.1) is 12.6 Å². The van der Waals surface area contributed by atoms with Crippen molar-refractivity contribution in [2.24, 2.45) is 5.92 Å². The highest BCUT2D eigenvalue weighted by molar-refractivity contribution is 5.94. The molecule has 1 aliphatic heterocycles. The highest BCUT2D eigenvalue weighted by Crippen LogP contribution is 2.12. The van der Waals surface area contributed by atoms with E-state index in [1.54, 1.807) is 26.0 Å². The number of aliphatic carboxylic acids is 1. The fraction of sp³-hybridized carbons (Fsp3) is 0.545. The number of aromatic hydroxyl groups is 1. The van der Waals surface area contributed by atoms with Gasteiger partial charge in [0.25, 0.3) is 0 Å². The molecule has 0 saturated carbocycles. The van der Waals surface area contributed by atoms with E-state index in [9.17, 15) is 34.5 Å². The lowest BCUT2D eigenvalue weighted by molar-refractivity contribution is -0.143. The van der Waals surface area contributed by atoms with Gasteiger partial charge in [0, 0.05) is 6.42 Å². The lowest BCUT2D eigenvalue weighted by Gasteiger charge is -2.25. The summed E-state index contributed by atoms with van der Waals surface area (Å²) in [5.74, 6) is -3.51. The summed E-state index contributed by atoms with van der Waals surface area (Å²) in [4.78, 5) is 49.5. The standard InChI is InChI=1S/C22H32N4O7/c1-12(2)18(22(32)33)26-20(30)16(10-13-5-7-14(28)8-6-13)24-21(31)17(11-27)25-19(29)15-4-3-9-23-15/h5-8,12,15-18,23,27-28H,3-4,9-11H2,1-2H3,(H,24,31)(H,25,29)(H,26,30)(H,32,33). The highest BCUT2D eigenvalue weighted by Gasteiger charge is 2.32. The summed E-state index contributed by atoms with van der Waals surface area (Å²) in [6, 6.07) is 1.89. The van der Waals surface area contributed by atoms with Crippen LogP contribution in [0.15, 0.2) is 24.3 Å². The van der Waals surface area contributed by atoms with Crippen molar-refractivity contribution in [1.82, 2.24) is 21.3 Å². The molecule has 0 spiro atoms. The van der Waals surface area contributed by atoms with Crippen LogP contribution in [0.2, 0.25) is 0 Å². The number of aliphatic hydroxyl groups excluding tert-OH is 1. The van der Waals surface area contributed by atoms with Gasteiger partial charge >= 0.3 is 5.97 Å². The Kier molecular flexibility index (Phi) is 9.61. The largest absolute Gasteiger partial charge is 0.508 e. The molecule has 1 fully saturated rings. The first-order valence-corrected chi connectivity index (χ1v) is 10.9. The maximum atomic E-state index is 12.9. The van der Waals surface area contributed by atoms with Crippen molar-refractivity contribution in [2.75, 3.05) is 13.2 Å². The average Bonchev–Trinajstić information content (AvgIpc) is 3.31. The Morgan fingerprint density at radius 1 is 1.03 bits per heavy atom. The molecule has 0 aliphatic carbocycles. The molecule has 11 heteroatoms. The molecule has 2 rings (SSSR count). The number of carboxylic acid groups (broad SMARTS) is 1. The van der Waals surface area contributed by atoms with Gasteiger partial charge in [0.1, 0.15) is 23.9 Å². The zero-order valence-electron chi connectivity index (χ0n) is 18.7. The predicted molar refractivity (Wildman–Crippen MR) is 118 cm³/mol. The fourth-order valence-corrected chi connectivity index (χ4v) is 3.49. The van der Waals surface area contributed by atoms with E-state index in [0.717, 1.165) is 6.42 Å². The molecule has 1 saturated heterocycles. The normalized spacial score (nSPS) is 18.2. The molecule has 0 radical (unpaired) electrons. The van der Waals surface area contributed by atoms with Crippen LogP contribution >= 0.6 is 0 Å². The number of hydrogen-bond acceptors (Lipinski definition) is 7. The van der Waals surface area contributed by atoms with Crippen molar-refractivity contribution in [1.29, 1.82) is 0 Å². The van der Waals surface area contributed by atoms with Crippen molar-refractivity contribution in [3.05, 3.63) is 29.8 Å². The van der Waals surface area contributed by atoms with Gasteiger partial charge in [0.15, 0.2) is 0 Å². The topological polar surface area (TPSA) is 177 Å². The maximum Gasteiger partial charge on any atom is 0.326 e. The van der Waals surface area contributed by atoms with Crippen LogP contribution in [0.4, 0.5) is 0 Å². The first kappa shape index (κ1) is 26.1. The lowest BCUT2D eigenvalue weighted by atomic mass is 10.0. The zero-order valence-corrected chi connectivity index (χ0v) is 18.7. The van der Waals surface area contributed by atoms with E-state index in [1.807, 2.05) is 0 Å². The van der Waals surface area contributed by atoms with Gasteiger partial charge in [-0.25, -0.2) is 4.79 Å². The van der Waals surface area contributed by atoms with Crippen LogP contribution in [-0.4, -0.2) is 76.3 Å². The van der Waals surface area contributed by atoms with E-state index in [2.05, 4.69) is 21.3 Å². The van der Waals surface area contributed by atoms with E-state index in [-0.39, 0.29) is 12.2 Å². The molecular weight excluding hydrogens is 432 g/mol. The second-order valence-corrected chi connectivity index (χ2v) is 8.39. The van der Waals surface area contributed by atoms with E-state index >= 15 is 0 Å². The second kappa shape index (κ2) is 12.2. The molecule has 0 aromatic heterocycles. The molecule has 11 nitrogen and oxygen atoms in total. The third-order valence-electron chi connectivity index (χ3n) is 5.43. The van der Waals surface area contributed by atoms with Gasteiger partial charge in [0.2, 0.25) is 17.7 Å². The van der Waals surface area contributed by atoms with Crippen LogP contribution < -0.4 is 21.3 Å². The van der Waals surface area contributed by atoms with Gasteiger partial charge in [-0.05, 0) is 43.0 Å². The molecule has 0 bridgehead atoms. The van der Waals surface area contributed by atoms with Crippen LogP contribution in [-0.2, 0) is 25.6 Å². The number of hydrogen-bond donors (Lipinski definition) is 7. The number of carbonyl (C=O) groups excluding carboxylic acids is 3. The summed E-state index contributed by atoms with van der Waals surface area (Å²) < 4.78 is 0. The molecule has 4 atom stereocenters. The fourth-order valence-electron chi connectivity index (χ4n) is 3.49. The summed E-state index contributed by atoms with van der Waals surface area (Å²) in [6.45, 7) is 3.28. The number of phenolic OH excluding ortho intramolecular Hbond substituents is 1. The first-order chi connectivity index (χ1) is 15.6. The molecule has 1 aromatic rings. The van der Waals surface area contributed by atoms with Crippen molar-refractivity contribution in [3.8, 4) is 5.75 Å². The summed E-state index contributed by atoms with van der Waals surface area (Å²) in [5.41, 5.74) is 0.601. The molecule has 182 valence electrons. The Morgan fingerprint density at radius 2 is 1.67 bits per heavy atom. The van der Waals surface area contributed by atoms with E-state index in [1.165, 1.54) is 12.1 Å². The van der Waals surface area contributed by atoms with Gasteiger partial charge in [-0.15, -0.1) is 0 Å². The summed E-state index contributed by atoms with van der Waals surface area (Å²) in [6.07, 6.45) is 1.44. The second-order valence-electron chi connectivity index (χ2n) is 8.39. The van der Waals surface area contributed by atoms with Gasteiger partial charge in [-0.2, -0.15) is 0 Å². The van der Waals surface area contributed by atoms with Crippen molar-refractivity contribution < 1.29 is 34.5 Å². The van der Waals surface area contributed by atoms with Crippen LogP contribution in [0.3, 0.4) is 0 Å². The van der Waals surface area contributed by atoms with E-state index in [4.69, 9.17) is 0 Å². The number of benzene rings is 1. The molecule has 1 aliphatic rings. The molecule has 4 unspecified atom stereocenters. The molecule has 3 amide bonds. The van der Waals surface area contributed by atoms with E-state index < -0.39 is 60.4 Å². The summed E-state index contributed by atoms with van der Waals surface area (Å²) in [7, 11) is 0. The molecule has 1 heterocycles. The van der Waals surface area contributed by atoms with E-state index in [0.29, 0.717) is 18.5 Å². The molecule has 33 heavy (non-hydrogen) atoms. The van der Waals surface area contributed by atoms with Crippen molar-refractivity contribution >= 4 is 23.7 Å². The van der Waals surface area contributed by atoms with Crippen LogP contribution in [0, 0.1) is 5.92 Å². The minimum Gasteiger partial charge on any atom is -0.508 e. The van der Waals surface area contributed by atoms with Crippen LogP contribution in [0.1, 0.15) is 32.3 Å². The SMILES string of the molecule is CC(C)C(NC(=O)C(Cc1ccc(O)cc1)NC(=O)C(CO)NC(=O)C1CCCN1)C(=O)O. The minimum absolute atomic E-state index is 0.00143. The molecular formula is C22H32N4O7. The van der Waals surface area contributed by atoms with Crippen molar-refractivity contribution in [3.63, 3.8) is 0 Å². The third-order valence-corrected chi connectivity index (χ3v) is 5.43. The maximum absolute atomic E-state index is 12.9. The Morgan fingerprint density at radius 3 is 2.18 bits per heavy atom. The van der Waals surface area contributed by atoms with Gasteiger partial charge in [-0.1, -0.05) is 26.0 Å². The van der Waals surface area contributed by atoms with Crippen molar-refractivity contribution in [2.45, 2.75) is 57.3 Å². The number of carboxylic acids is 1. The number of phenols is 1. The van der Waals surface area contributed by atoms with Gasteiger partial charge < -0.3 is 36.6 Å². The number of amides is 3. The number of nitrogens with one attached hydrogen (secondary N) is 4. The smallest absolute Gasteiger partial charge is 0.326 e. The lowest BCUT2D eigenvalue weighted by Crippen LogP contribution is -2.58. The quantitative estimate of drug-likeness (QED) is 0.215. The van der Waals surface area contributed by atoms with Gasteiger partial charge in [-0.3, -0.25) is 14.4 Å². The zero-order chi connectivity index (χ0) is 24.5. The Bertz CT molecular complexity index is 838. The summed E-state index contributed by atoms with van der Waals surface area (Å²) in [5, 5.41) is 38.9. The number of aliphatic hydroxyl groups is 1. The Balaban J connectivity index is 2.15. The number of carbonyl (C=O) groups is 4. The van der Waals surface area contributed by atoms with Crippen LogP contribution in [0.25, 0.3) is 0 Å². The molecule has 7 N–H and O–H groups in total. The molecule has 1 aromatic carbocycles. The Labute approximate surface area is 191 Å². The van der Waals surface area contributed by atoms with Crippen LogP contribution in [0.5, 0.6) is 5.75 Å². The first-order valence-electron chi connectivity index (χ1n) is 10.9. The average molecular weight is 465 g/mol. The highest BCUT2D eigenvalue weighted by atomic mass is 16.4.